The van der Waals surface area contributed by atoms with Crippen LogP contribution < -0.4 is 21.3 Å². The highest BCUT2D eigenvalue weighted by atomic mass is 16.5. The predicted octanol–water partition coefficient (Wildman–Crippen LogP) is 1.38. The molecule has 1 aromatic carbocycles. The van der Waals surface area contributed by atoms with Crippen molar-refractivity contribution >= 4 is 17.1 Å². The largest absolute Gasteiger partial charge is 0.491 e. The summed E-state index contributed by atoms with van der Waals surface area (Å²) in [5.41, 5.74) is 0.557. The number of nitrogens with zero attached hydrogens (tertiary/aromatic N) is 3. The van der Waals surface area contributed by atoms with Crippen LogP contribution in [0.1, 0.15) is 25.3 Å². The molecule has 3 aromatic rings. The minimum Gasteiger partial charge on any atom is -0.491 e. The molecule has 1 unspecified atom stereocenters. The van der Waals surface area contributed by atoms with Crippen molar-refractivity contribution in [1.29, 1.82) is 0 Å². The van der Waals surface area contributed by atoms with Gasteiger partial charge >= 0.3 is 5.69 Å². The lowest BCUT2D eigenvalue weighted by molar-refractivity contribution is 0.0938. The molecule has 1 atom stereocenters. The van der Waals surface area contributed by atoms with Gasteiger partial charge in [0.2, 0.25) is 5.95 Å². The van der Waals surface area contributed by atoms with Crippen LogP contribution in [-0.2, 0) is 13.6 Å². The van der Waals surface area contributed by atoms with Crippen molar-refractivity contribution in [3.63, 3.8) is 0 Å². The molecule has 0 amide bonds. The van der Waals surface area contributed by atoms with Gasteiger partial charge in [0.1, 0.15) is 18.5 Å². The molecule has 0 fully saturated rings. The molecule has 2 aromatic heterocycles. The monoisotopic (exact) mass is 401 g/mol. The molecule has 0 aliphatic heterocycles. The third kappa shape index (κ3) is 4.68. The summed E-state index contributed by atoms with van der Waals surface area (Å²) < 4.78 is 8.54. The molecular formula is C20H27N5O4. The van der Waals surface area contributed by atoms with Crippen LogP contribution in [0.3, 0.4) is 0 Å². The number of fused-ring (bicyclic) bond motifs is 1. The summed E-state index contributed by atoms with van der Waals surface area (Å²) in [6, 6.07) is 7.54. The summed E-state index contributed by atoms with van der Waals surface area (Å²) in [6.07, 6.45) is 1.05. The summed E-state index contributed by atoms with van der Waals surface area (Å²) >= 11 is 0. The molecule has 0 saturated carbocycles. The Hall–Kier alpha value is -3.07. The van der Waals surface area contributed by atoms with E-state index in [0.29, 0.717) is 18.2 Å². The fourth-order valence-electron chi connectivity index (χ4n) is 3.01. The highest BCUT2D eigenvalue weighted by Crippen LogP contribution is 2.17. The SMILES string of the molecule is CCCCNc1nc2c(c(=O)[nH]c(=O)n2C)n1CC(O)COc1ccc(C)cc1. The number of aliphatic hydroxyl groups excluding tert-OH is 1. The minimum atomic E-state index is -0.878. The number of imidazole rings is 1. The number of ether oxygens (including phenoxy) is 1. The van der Waals surface area contributed by atoms with Crippen molar-refractivity contribution in [3.05, 3.63) is 50.7 Å². The molecule has 0 saturated heterocycles. The smallest absolute Gasteiger partial charge is 0.329 e. The Morgan fingerprint density at radius 3 is 2.69 bits per heavy atom. The van der Waals surface area contributed by atoms with Gasteiger partial charge in [0.05, 0.1) is 6.54 Å². The zero-order valence-electron chi connectivity index (χ0n) is 16.9. The van der Waals surface area contributed by atoms with Gasteiger partial charge in [-0.3, -0.25) is 14.3 Å². The number of H-pyrrole nitrogens is 1. The Balaban J connectivity index is 1.86. The Morgan fingerprint density at radius 2 is 2.00 bits per heavy atom. The number of nitrogens with one attached hydrogen (secondary N) is 2. The quantitative estimate of drug-likeness (QED) is 0.467. The number of aromatic nitrogens is 4. The molecule has 3 N–H and O–H groups in total. The van der Waals surface area contributed by atoms with Crippen molar-refractivity contribution in [2.45, 2.75) is 39.3 Å². The van der Waals surface area contributed by atoms with Crippen LogP contribution in [0.25, 0.3) is 11.2 Å². The Bertz CT molecular complexity index is 1080. The van der Waals surface area contributed by atoms with Gasteiger partial charge in [0.15, 0.2) is 11.2 Å². The summed E-state index contributed by atoms with van der Waals surface area (Å²) in [7, 11) is 1.55. The Morgan fingerprint density at radius 1 is 1.28 bits per heavy atom. The van der Waals surface area contributed by atoms with Crippen LogP contribution >= 0.6 is 0 Å². The maximum atomic E-state index is 12.4. The van der Waals surface area contributed by atoms with Crippen molar-refractivity contribution in [1.82, 2.24) is 19.1 Å². The van der Waals surface area contributed by atoms with Gasteiger partial charge in [-0.1, -0.05) is 31.0 Å². The van der Waals surface area contributed by atoms with E-state index in [4.69, 9.17) is 4.74 Å². The Kier molecular flexibility index (Phi) is 6.38. The van der Waals surface area contributed by atoms with Crippen LogP contribution in [0.4, 0.5) is 5.95 Å². The lowest BCUT2D eigenvalue weighted by Crippen LogP contribution is -2.31. The van der Waals surface area contributed by atoms with E-state index in [0.717, 1.165) is 18.4 Å². The van der Waals surface area contributed by atoms with Crippen molar-refractivity contribution in [2.24, 2.45) is 7.05 Å². The van der Waals surface area contributed by atoms with Gasteiger partial charge in [-0.25, -0.2) is 4.79 Å². The molecule has 9 heteroatoms. The zero-order valence-corrected chi connectivity index (χ0v) is 16.9. The van der Waals surface area contributed by atoms with Crippen molar-refractivity contribution in [3.8, 4) is 5.75 Å². The van der Waals surface area contributed by atoms with Crippen LogP contribution in [0, 0.1) is 6.92 Å². The van der Waals surface area contributed by atoms with Gasteiger partial charge in [-0.05, 0) is 25.5 Å². The summed E-state index contributed by atoms with van der Waals surface area (Å²) in [6.45, 7) is 4.88. The molecule has 29 heavy (non-hydrogen) atoms. The summed E-state index contributed by atoms with van der Waals surface area (Å²) in [5.74, 6) is 1.10. The van der Waals surface area contributed by atoms with E-state index in [1.165, 1.54) is 4.57 Å². The van der Waals surface area contributed by atoms with E-state index in [1.54, 1.807) is 11.6 Å². The number of aliphatic hydroxyl groups is 1. The first kappa shape index (κ1) is 20.7. The summed E-state index contributed by atoms with van der Waals surface area (Å²) in [4.78, 5) is 31.1. The second-order valence-electron chi connectivity index (χ2n) is 7.09. The molecule has 0 aliphatic carbocycles. The molecule has 3 rings (SSSR count). The van der Waals surface area contributed by atoms with Crippen LogP contribution in [0.2, 0.25) is 0 Å². The highest BCUT2D eigenvalue weighted by Gasteiger charge is 2.19. The van der Waals surface area contributed by atoms with Gasteiger partial charge in [0.25, 0.3) is 5.56 Å². The third-order valence-corrected chi connectivity index (χ3v) is 4.68. The number of hydrogen-bond acceptors (Lipinski definition) is 6. The topological polar surface area (TPSA) is 114 Å². The standard InChI is InChI=1S/C20H27N5O4/c1-4-5-10-21-19-22-17-16(18(27)23-20(28)24(17)3)25(19)11-14(26)12-29-15-8-6-13(2)7-9-15/h6-9,14,26H,4-5,10-12H2,1-3H3,(H,21,22)(H,23,27,28). The lowest BCUT2D eigenvalue weighted by atomic mass is 10.2. The molecule has 0 radical (unpaired) electrons. The normalized spacial score (nSPS) is 12.3. The summed E-state index contributed by atoms with van der Waals surface area (Å²) in [5, 5.41) is 13.7. The number of aromatic amines is 1. The molecular weight excluding hydrogens is 374 g/mol. The Labute approximate surface area is 168 Å². The minimum absolute atomic E-state index is 0.0564. The van der Waals surface area contributed by atoms with E-state index in [2.05, 4.69) is 22.2 Å². The molecule has 156 valence electrons. The van der Waals surface area contributed by atoms with Gasteiger partial charge in [-0.2, -0.15) is 4.98 Å². The van der Waals surface area contributed by atoms with Crippen LogP contribution in [-0.4, -0.2) is 43.5 Å². The number of rotatable bonds is 9. The fourth-order valence-corrected chi connectivity index (χ4v) is 3.01. The second kappa shape index (κ2) is 8.95. The number of benzene rings is 1. The van der Waals surface area contributed by atoms with Gasteiger partial charge in [-0.15, -0.1) is 0 Å². The first-order valence-electron chi connectivity index (χ1n) is 9.71. The molecule has 0 spiro atoms. The van der Waals surface area contributed by atoms with Crippen molar-refractivity contribution in [2.75, 3.05) is 18.5 Å². The number of anilines is 1. The first-order valence-corrected chi connectivity index (χ1v) is 9.71. The van der Waals surface area contributed by atoms with E-state index in [1.807, 2.05) is 31.2 Å². The van der Waals surface area contributed by atoms with E-state index < -0.39 is 17.4 Å². The first-order chi connectivity index (χ1) is 13.9. The number of unbranched alkanes of at least 4 members (excludes halogenated alkanes) is 1. The second-order valence-corrected chi connectivity index (χ2v) is 7.09. The van der Waals surface area contributed by atoms with E-state index in [-0.39, 0.29) is 24.3 Å². The van der Waals surface area contributed by atoms with E-state index >= 15 is 0 Å². The van der Waals surface area contributed by atoms with Crippen LogP contribution in [0.5, 0.6) is 5.75 Å². The molecule has 0 bridgehead atoms. The maximum Gasteiger partial charge on any atom is 0.329 e. The predicted molar refractivity (Wildman–Crippen MR) is 112 cm³/mol. The van der Waals surface area contributed by atoms with Crippen LogP contribution in [0.15, 0.2) is 33.9 Å². The zero-order chi connectivity index (χ0) is 21.0. The van der Waals surface area contributed by atoms with Gasteiger partial charge in [0, 0.05) is 13.6 Å². The van der Waals surface area contributed by atoms with E-state index in [9.17, 15) is 14.7 Å². The van der Waals surface area contributed by atoms with Gasteiger partial charge < -0.3 is 19.7 Å². The average molecular weight is 401 g/mol. The molecule has 2 heterocycles. The highest BCUT2D eigenvalue weighted by molar-refractivity contribution is 5.74. The van der Waals surface area contributed by atoms with Crippen molar-refractivity contribution < 1.29 is 9.84 Å². The maximum absolute atomic E-state index is 12.4. The molecule has 9 nitrogen and oxygen atoms in total. The third-order valence-electron chi connectivity index (χ3n) is 4.68. The number of aryl methyl sites for hydroxylation is 2. The lowest BCUT2D eigenvalue weighted by Gasteiger charge is -2.16. The molecule has 0 aliphatic rings. The fraction of sp³-hybridized carbons (Fsp3) is 0.450. The average Bonchev–Trinajstić information content (AvgIpc) is 3.05. The number of hydrogen-bond donors (Lipinski definition) is 3.